The summed E-state index contributed by atoms with van der Waals surface area (Å²) in [5, 5.41) is 10.8. The molecule has 0 aromatic rings. The maximum atomic E-state index is 10.8. The van der Waals surface area contributed by atoms with Crippen LogP contribution in [-0.2, 0) is 28.4 Å². The molecule has 0 aromatic carbocycles. The van der Waals surface area contributed by atoms with E-state index in [0.29, 0.717) is 29.6 Å². The second kappa shape index (κ2) is 17.4. The Hall–Kier alpha value is 0.160. The van der Waals surface area contributed by atoms with Gasteiger partial charge in [-0.2, -0.15) is 0 Å². The molecule has 250 valence electrons. The molecule has 0 amide bonds. The van der Waals surface area contributed by atoms with Gasteiger partial charge >= 0.3 is 0 Å². The largest absolute Gasteiger partial charge is 0.388 e. The molecule has 43 heavy (non-hydrogen) atoms. The number of ether oxygens (including phenoxy) is 6. The lowest BCUT2D eigenvalue weighted by atomic mass is 9.83. The van der Waals surface area contributed by atoms with Crippen molar-refractivity contribution in [3.63, 3.8) is 0 Å². The molecular weight excluding hydrogens is 585 g/mol. The van der Waals surface area contributed by atoms with Gasteiger partial charge in [-0.15, -0.1) is 23.5 Å². The zero-order chi connectivity index (χ0) is 30.8. The zero-order valence-electron chi connectivity index (χ0n) is 27.6. The predicted octanol–water partition coefficient (Wildman–Crippen LogP) is 7.40. The first-order chi connectivity index (χ1) is 20.6. The van der Waals surface area contributed by atoms with E-state index in [2.05, 4.69) is 57.3 Å². The summed E-state index contributed by atoms with van der Waals surface area (Å²) in [5.74, 6) is 2.85. The molecule has 0 aromatic heterocycles. The normalized spacial score (nSPS) is 32.1. The van der Waals surface area contributed by atoms with Crippen LogP contribution < -0.4 is 0 Å². The van der Waals surface area contributed by atoms with Gasteiger partial charge in [0.1, 0.15) is 0 Å². The van der Waals surface area contributed by atoms with Crippen LogP contribution in [0.15, 0.2) is 12.2 Å². The minimum Gasteiger partial charge on any atom is -0.388 e. The quantitative estimate of drug-likeness (QED) is 0.232. The first kappa shape index (κ1) is 36.0. The van der Waals surface area contributed by atoms with Gasteiger partial charge in [0.2, 0.25) is 0 Å². The van der Waals surface area contributed by atoms with Gasteiger partial charge < -0.3 is 33.5 Å². The molecule has 5 rings (SSSR count). The molecule has 0 radical (unpaired) electrons. The van der Waals surface area contributed by atoms with Crippen molar-refractivity contribution in [3.8, 4) is 0 Å². The lowest BCUT2D eigenvalue weighted by Gasteiger charge is -2.45. The van der Waals surface area contributed by atoms with E-state index in [9.17, 15) is 5.11 Å². The summed E-state index contributed by atoms with van der Waals surface area (Å²) < 4.78 is 35.9. The van der Waals surface area contributed by atoms with Crippen LogP contribution in [0.2, 0.25) is 0 Å². The summed E-state index contributed by atoms with van der Waals surface area (Å²) >= 11 is 4.20. The van der Waals surface area contributed by atoms with Gasteiger partial charge in [0.25, 0.3) is 0 Å². The van der Waals surface area contributed by atoms with Crippen molar-refractivity contribution in [1.82, 2.24) is 0 Å². The minimum absolute atomic E-state index is 0.00292. The van der Waals surface area contributed by atoms with Gasteiger partial charge in [-0.3, -0.25) is 0 Å². The molecule has 4 aliphatic heterocycles. The average Bonchev–Trinajstić information content (AvgIpc) is 3.65. The molecule has 9 heteroatoms. The Morgan fingerprint density at radius 2 is 1.56 bits per heavy atom. The van der Waals surface area contributed by atoms with E-state index in [1.165, 1.54) is 43.6 Å². The fraction of sp³-hybridized carbons (Fsp3) is 0.941. The Balaban J connectivity index is 0.000000269. The molecule has 4 heterocycles. The summed E-state index contributed by atoms with van der Waals surface area (Å²) in [5.41, 5.74) is -0.211. The smallest absolute Gasteiger partial charge is 0.171 e. The molecule has 1 saturated carbocycles. The summed E-state index contributed by atoms with van der Waals surface area (Å²) in [4.78, 5) is 0. The summed E-state index contributed by atoms with van der Waals surface area (Å²) in [6, 6.07) is 0. The number of aliphatic hydroxyl groups excluding tert-OH is 1. The van der Waals surface area contributed by atoms with Gasteiger partial charge in [0.15, 0.2) is 18.4 Å². The van der Waals surface area contributed by atoms with Crippen molar-refractivity contribution < 1.29 is 33.5 Å². The molecule has 5 atom stereocenters. The van der Waals surface area contributed by atoms with Gasteiger partial charge in [-0.25, -0.2) is 0 Å². The Morgan fingerprint density at radius 3 is 2.12 bits per heavy atom. The fourth-order valence-electron chi connectivity index (χ4n) is 6.48. The highest BCUT2D eigenvalue weighted by molar-refractivity contribution is 8.20. The van der Waals surface area contributed by atoms with Gasteiger partial charge in [0.05, 0.1) is 30.5 Å². The Labute approximate surface area is 270 Å². The van der Waals surface area contributed by atoms with E-state index >= 15 is 0 Å². The highest BCUT2D eigenvalue weighted by atomic mass is 32.2. The number of hydrogen-bond acceptors (Lipinski definition) is 9. The lowest BCUT2D eigenvalue weighted by Crippen LogP contribution is -2.50. The number of allylic oxidation sites excluding steroid dienone is 1. The highest BCUT2D eigenvalue weighted by Crippen LogP contribution is 2.51. The van der Waals surface area contributed by atoms with Crippen LogP contribution in [0.4, 0.5) is 0 Å². The Bertz CT molecular complexity index is 794. The SMILES string of the molecule is C1CCC(OC2CCCCO2)OC1.CCOCC(C)(C)C(O)C=CC1CCC2(OCC(C)(C)CO2)C1CCC1SCCS1. The number of rotatable bonds is 11. The molecule has 0 bridgehead atoms. The first-order valence-corrected chi connectivity index (χ1v) is 19.1. The van der Waals surface area contributed by atoms with Crippen LogP contribution in [0, 0.1) is 22.7 Å². The van der Waals surface area contributed by atoms with E-state index in [1.807, 2.05) is 13.0 Å². The molecule has 5 fully saturated rings. The van der Waals surface area contributed by atoms with Gasteiger partial charge in [0, 0.05) is 54.5 Å². The van der Waals surface area contributed by atoms with Crippen molar-refractivity contribution in [2.45, 2.75) is 128 Å². The molecular formula is C34H60O7S2. The van der Waals surface area contributed by atoms with Crippen molar-refractivity contribution in [1.29, 1.82) is 0 Å². The first-order valence-electron chi connectivity index (χ1n) is 17.0. The standard InChI is InChI=1S/C24H42O4S2.C10H18O3/c1-6-26-17-23(4,5)20(25)9-7-18-11-12-24(27-15-22(2,3)16-28-24)19(18)8-10-21-29-13-14-30-21;1-3-7-11-9(5-1)13-10-6-2-4-8-12-10/h7,9,18-21,25H,6,8,10-17H2,1-5H3;9-10H,1-8H2. The molecule has 7 nitrogen and oxygen atoms in total. The number of hydrogen-bond donors (Lipinski definition) is 1. The minimum atomic E-state index is -0.519. The van der Waals surface area contributed by atoms with Crippen molar-refractivity contribution in [2.24, 2.45) is 22.7 Å². The average molecular weight is 645 g/mol. The van der Waals surface area contributed by atoms with E-state index in [0.717, 1.165) is 58.5 Å². The molecule has 5 aliphatic rings. The molecule has 1 N–H and O–H groups in total. The van der Waals surface area contributed by atoms with Crippen LogP contribution in [0.3, 0.4) is 0 Å². The third-order valence-electron chi connectivity index (χ3n) is 9.33. The maximum Gasteiger partial charge on any atom is 0.171 e. The van der Waals surface area contributed by atoms with Crippen LogP contribution in [0.1, 0.15) is 98.8 Å². The maximum absolute atomic E-state index is 10.8. The van der Waals surface area contributed by atoms with E-state index in [4.69, 9.17) is 28.4 Å². The number of aliphatic hydroxyl groups is 1. The molecule has 5 unspecified atom stereocenters. The van der Waals surface area contributed by atoms with Crippen LogP contribution >= 0.6 is 23.5 Å². The van der Waals surface area contributed by atoms with E-state index < -0.39 is 11.9 Å². The highest BCUT2D eigenvalue weighted by Gasteiger charge is 2.53. The molecule has 1 aliphatic carbocycles. The predicted molar refractivity (Wildman–Crippen MR) is 176 cm³/mol. The second-order valence-electron chi connectivity index (χ2n) is 14.3. The second-order valence-corrected chi connectivity index (χ2v) is 17.2. The van der Waals surface area contributed by atoms with Crippen LogP contribution in [0.25, 0.3) is 0 Å². The third-order valence-corrected chi connectivity index (χ3v) is 12.5. The molecule has 1 spiro atoms. The van der Waals surface area contributed by atoms with Crippen molar-refractivity contribution in [2.75, 3.05) is 51.1 Å². The summed E-state index contributed by atoms with van der Waals surface area (Å²) in [6.45, 7) is 15.0. The summed E-state index contributed by atoms with van der Waals surface area (Å²) in [6.07, 6.45) is 14.9. The van der Waals surface area contributed by atoms with E-state index in [1.54, 1.807) is 0 Å². The summed E-state index contributed by atoms with van der Waals surface area (Å²) in [7, 11) is 0. The molecule has 4 saturated heterocycles. The van der Waals surface area contributed by atoms with E-state index in [-0.39, 0.29) is 23.4 Å². The number of thioether (sulfide) groups is 2. The third kappa shape index (κ3) is 11.1. The van der Waals surface area contributed by atoms with Gasteiger partial charge in [-0.1, -0.05) is 39.8 Å². The van der Waals surface area contributed by atoms with Gasteiger partial charge in [-0.05, 0) is 70.6 Å². The lowest BCUT2D eigenvalue weighted by molar-refractivity contribution is -0.316. The monoisotopic (exact) mass is 644 g/mol. The van der Waals surface area contributed by atoms with Crippen molar-refractivity contribution >= 4 is 23.5 Å². The van der Waals surface area contributed by atoms with Crippen LogP contribution in [0.5, 0.6) is 0 Å². The zero-order valence-corrected chi connectivity index (χ0v) is 29.2. The fourth-order valence-corrected chi connectivity index (χ4v) is 9.34. The topological polar surface area (TPSA) is 75.6 Å². The van der Waals surface area contributed by atoms with Crippen LogP contribution in [-0.4, -0.2) is 85.3 Å². The van der Waals surface area contributed by atoms with Crippen molar-refractivity contribution in [3.05, 3.63) is 12.2 Å². The Morgan fingerprint density at radius 1 is 0.930 bits per heavy atom. The Kier molecular flexibility index (Phi) is 14.5.